The van der Waals surface area contributed by atoms with E-state index in [1.54, 1.807) is 11.0 Å². The lowest BCUT2D eigenvalue weighted by Gasteiger charge is -2.24. The van der Waals surface area contributed by atoms with Gasteiger partial charge in [-0.2, -0.15) is 4.31 Å². The minimum Gasteiger partial charge on any atom is -0.325 e. The third kappa shape index (κ3) is 4.33. The largest absolute Gasteiger partial charge is 0.325 e. The second-order valence-corrected chi connectivity index (χ2v) is 10.2. The van der Waals surface area contributed by atoms with E-state index in [2.05, 4.69) is 5.32 Å². The topological polar surface area (TPSA) is 86.8 Å². The van der Waals surface area contributed by atoms with Crippen molar-refractivity contribution in [3.8, 4) is 0 Å². The van der Waals surface area contributed by atoms with Crippen LogP contribution in [0.15, 0.2) is 47.4 Å². The van der Waals surface area contributed by atoms with E-state index in [-0.39, 0.29) is 23.3 Å². The van der Waals surface area contributed by atoms with Crippen LogP contribution in [0, 0.1) is 6.92 Å². The van der Waals surface area contributed by atoms with Crippen molar-refractivity contribution in [2.45, 2.75) is 43.5 Å². The van der Waals surface area contributed by atoms with E-state index < -0.39 is 16.1 Å². The molecule has 0 spiro atoms. The predicted octanol–water partition coefficient (Wildman–Crippen LogP) is 3.57. The smallest absolute Gasteiger partial charge is 0.243 e. The van der Waals surface area contributed by atoms with E-state index in [4.69, 9.17) is 11.6 Å². The van der Waals surface area contributed by atoms with Gasteiger partial charge in [-0.25, -0.2) is 8.42 Å². The molecule has 0 radical (unpaired) electrons. The molecule has 4 rings (SSSR count). The quantitative estimate of drug-likeness (QED) is 0.737. The van der Waals surface area contributed by atoms with Crippen LogP contribution in [0.4, 0.5) is 11.4 Å². The lowest BCUT2D eigenvalue weighted by molar-refractivity contribution is -0.119. The summed E-state index contributed by atoms with van der Waals surface area (Å²) in [6.45, 7) is 2.88. The minimum absolute atomic E-state index is 0.105. The van der Waals surface area contributed by atoms with E-state index in [0.29, 0.717) is 36.5 Å². The van der Waals surface area contributed by atoms with Gasteiger partial charge in [-0.3, -0.25) is 9.59 Å². The molecule has 2 fully saturated rings. The molecule has 0 bridgehead atoms. The van der Waals surface area contributed by atoms with Crippen LogP contribution in [0.25, 0.3) is 0 Å². The fourth-order valence-electron chi connectivity index (χ4n) is 4.20. The van der Waals surface area contributed by atoms with Gasteiger partial charge in [0, 0.05) is 35.9 Å². The van der Waals surface area contributed by atoms with Crippen LogP contribution in [-0.4, -0.2) is 43.7 Å². The first-order valence-corrected chi connectivity index (χ1v) is 12.1. The fourth-order valence-corrected chi connectivity index (χ4v) is 5.98. The molecule has 0 unspecified atom stereocenters. The first kappa shape index (κ1) is 21.8. The van der Waals surface area contributed by atoms with E-state index in [1.165, 1.54) is 28.6 Å². The summed E-state index contributed by atoms with van der Waals surface area (Å²) in [5.41, 5.74) is 2.30. The molecule has 9 heteroatoms. The summed E-state index contributed by atoms with van der Waals surface area (Å²) in [6.07, 6.45) is 2.46. The van der Waals surface area contributed by atoms with Crippen molar-refractivity contribution in [1.29, 1.82) is 0 Å². The first-order valence-electron chi connectivity index (χ1n) is 10.3. The highest BCUT2D eigenvalue weighted by molar-refractivity contribution is 7.89. The zero-order chi connectivity index (χ0) is 22.2. The number of rotatable bonds is 5. The second-order valence-electron chi connectivity index (χ2n) is 7.87. The standard InChI is InChI=1S/C22H24ClN3O4S/c1-15-14-17(8-11-19(15)25-12-3-5-21(25)27)24-22(28)20-4-2-13-26(20)31(29,30)18-9-6-16(23)7-10-18/h6-11,14,20H,2-5,12-13H2,1H3,(H,24,28)/t20-/m0/s1. The molecule has 0 aromatic heterocycles. The maximum atomic E-state index is 13.1. The highest BCUT2D eigenvalue weighted by Crippen LogP contribution is 2.30. The van der Waals surface area contributed by atoms with Gasteiger partial charge in [0.2, 0.25) is 21.8 Å². The lowest BCUT2D eigenvalue weighted by Crippen LogP contribution is -2.43. The van der Waals surface area contributed by atoms with E-state index in [9.17, 15) is 18.0 Å². The Morgan fingerprint density at radius 1 is 1.10 bits per heavy atom. The molecule has 2 aliphatic heterocycles. The summed E-state index contributed by atoms with van der Waals surface area (Å²) < 4.78 is 27.4. The van der Waals surface area contributed by atoms with Crippen molar-refractivity contribution in [1.82, 2.24) is 4.31 Å². The summed E-state index contributed by atoms with van der Waals surface area (Å²) in [5.74, 6) is -0.256. The number of halogens is 1. The molecule has 1 atom stereocenters. The highest BCUT2D eigenvalue weighted by atomic mass is 35.5. The number of hydrogen-bond donors (Lipinski definition) is 1. The molecule has 1 N–H and O–H groups in total. The number of aryl methyl sites for hydroxylation is 1. The van der Waals surface area contributed by atoms with Crippen LogP contribution < -0.4 is 10.2 Å². The van der Waals surface area contributed by atoms with Gasteiger partial charge in [-0.1, -0.05) is 11.6 Å². The Morgan fingerprint density at radius 2 is 1.84 bits per heavy atom. The van der Waals surface area contributed by atoms with Gasteiger partial charge in [0.1, 0.15) is 6.04 Å². The van der Waals surface area contributed by atoms with Gasteiger partial charge in [0.05, 0.1) is 4.90 Å². The molecule has 164 valence electrons. The van der Waals surface area contributed by atoms with Gasteiger partial charge in [-0.15, -0.1) is 0 Å². The molecule has 2 saturated heterocycles. The Morgan fingerprint density at radius 3 is 2.48 bits per heavy atom. The number of nitrogens with one attached hydrogen (secondary N) is 1. The second kappa shape index (κ2) is 8.61. The molecule has 2 aromatic rings. The van der Waals surface area contributed by atoms with Crippen LogP contribution >= 0.6 is 11.6 Å². The normalized spacial score (nSPS) is 19.7. The number of sulfonamides is 1. The maximum absolute atomic E-state index is 13.1. The molecular formula is C22H24ClN3O4S. The third-order valence-electron chi connectivity index (χ3n) is 5.76. The van der Waals surface area contributed by atoms with E-state index >= 15 is 0 Å². The SMILES string of the molecule is Cc1cc(NC(=O)[C@@H]2CCCN2S(=O)(=O)c2ccc(Cl)cc2)ccc1N1CCCC1=O. The van der Waals surface area contributed by atoms with Crippen LogP contribution in [-0.2, 0) is 19.6 Å². The Hall–Kier alpha value is -2.42. The number of nitrogens with zero attached hydrogens (tertiary/aromatic N) is 2. The maximum Gasteiger partial charge on any atom is 0.243 e. The van der Waals surface area contributed by atoms with Gasteiger partial charge < -0.3 is 10.2 Å². The number of anilines is 2. The Labute approximate surface area is 187 Å². The predicted molar refractivity (Wildman–Crippen MR) is 120 cm³/mol. The average Bonchev–Trinajstić information content (AvgIpc) is 3.38. The van der Waals surface area contributed by atoms with Crippen molar-refractivity contribution in [2.75, 3.05) is 23.3 Å². The summed E-state index contributed by atoms with van der Waals surface area (Å²) in [6, 6.07) is 10.6. The zero-order valence-electron chi connectivity index (χ0n) is 17.2. The number of benzene rings is 2. The molecular weight excluding hydrogens is 438 g/mol. The molecule has 2 heterocycles. The van der Waals surface area contributed by atoms with E-state index in [0.717, 1.165) is 17.7 Å². The van der Waals surface area contributed by atoms with Gasteiger partial charge in [-0.05, 0) is 74.2 Å². The third-order valence-corrected chi connectivity index (χ3v) is 7.93. The number of hydrogen-bond acceptors (Lipinski definition) is 4. The summed E-state index contributed by atoms with van der Waals surface area (Å²) >= 11 is 5.87. The molecule has 7 nitrogen and oxygen atoms in total. The van der Waals surface area contributed by atoms with Gasteiger partial charge >= 0.3 is 0 Å². The Balaban J connectivity index is 1.51. The number of amides is 2. The monoisotopic (exact) mass is 461 g/mol. The molecule has 31 heavy (non-hydrogen) atoms. The average molecular weight is 462 g/mol. The van der Waals surface area contributed by atoms with Crippen molar-refractivity contribution in [2.24, 2.45) is 0 Å². The fraction of sp³-hybridized carbons (Fsp3) is 0.364. The van der Waals surface area contributed by atoms with Crippen molar-refractivity contribution in [3.63, 3.8) is 0 Å². The summed E-state index contributed by atoms with van der Waals surface area (Å²) in [4.78, 5) is 26.9. The summed E-state index contributed by atoms with van der Waals surface area (Å²) in [7, 11) is -3.80. The minimum atomic E-state index is -3.80. The van der Waals surface area contributed by atoms with Crippen LogP contribution in [0.1, 0.15) is 31.2 Å². The molecule has 0 saturated carbocycles. The number of carbonyl (C=O) groups excluding carboxylic acids is 2. The highest BCUT2D eigenvalue weighted by Gasteiger charge is 2.39. The molecule has 2 aromatic carbocycles. The first-order chi connectivity index (χ1) is 14.8. The van der Waals surface area contributed by atoms with Crippen molar-refractivity contribution < 1.29 is 18.0 Å². The van der Waals surface area contributed by atoms with Gasteiger partial charge in [0.25, 0.3) is 0 Å². The molecule has 0 aliphatic carbocycles. The van der Waals surface area contributed by atoms with Gasteiger partial charge in [0.15, 0.2) is 0 Å². The lowest BCUT2D eigenvalue weighted by atomic mass is 10.1. The van der Waals surface area contributed by atoms with E-state index in [1.807, 2.05) is 19.1 Å². The summed E-state index contributed by atoms with van der Waals surface area (Å²) in [5, 5.41) is 3.30. The Bertz CT molecular complexity index is 1120. The number of carbonyl (C=O) groups is 2. The van der Waals surface area contributed by atoms with Crippen molar-refractivity contribution in [3.05, 3.63) is 53.1 Å². The van der Waals surface area contributed by atoms with Crippen LogP contribution in [0.5, 0.6) is 0 Å². The zero-order valence-corrected chi connectivity index (χ0v) is 18.7. The molecule has 2 amide bonds. The Kier molecular flexibility index (Phi) is 6.05. The molecule has 2 aliphatic rings. The van der Waals surface area contributed by atoms with Crippen molar-refractivity contribution >= 4 is 44.8 Å². The van der Waals surface area contributed by atoms with Crippen LogP contribution in [0.2, 0.25) is 5.02 Å². The van der Waals surface area contributed by atoms with Crippen LogP contribution in [0.3, 0.4) is 0 Å².